The zero-order valence-electron chi connectivity index (χ0n) is 18.0. The van der Waals surface area contributed by atoms with Gasteiger partial charge in [-0.25, -0.2) is 0 Å². The van der Waals surface area contributed by atoms with Crippen molar-refractivity contribution >= 4 is 34.8 Å². The van der Waals surface area contributed by atoms with Crippen LogP contribution < -0.4 is 15.1 Å². The zero-order valence-corrected chi connectivity index (χ0v) is 18.0. The molecule has 2 aromatic rings. The largest absolute Gasteiger partial charge is 0.418 e. The molecule has 0 aliphatic carbocycles. The van der Waals surface area contributed by atoms with Gasteiger partial charge in [0.05, 0.1) is 16.9 Å². The molecule has 7 nitrogen and oxygen atoms in total. The van der Waals surface area contributed by atoms with Crippen LogP contribution in [0.1, 0.15) is 28.8 Å². The molecule has 2 heterocycles. The van der Waals surface area contributed by atoms with E-state index in [4.69, 9.17) is 0 Å². The number of carbonyl (C=O) groups excluding carboxylic acids is 3. The summed E-state index contributed by atoms with van der Waals surface area (Å²) in [6.07, 6.45) is -4.49. The van der Waals surface area contributed by atoms with Gasteiger partial charge in [0, 0.05) is 50.3 Å². The Labute approximate surface area is 188 Å². The number of nitrogens with one attached hydrogen (secondary N) is 1. The smallest absolute Gasteiger partial charge is 0.369 e. The van der Waals surface area contributed by atoms with E-state index in [2.05, 4.69) is 10.2 Å². The lowest BCUT2D eigenvalue weighted by atomic mass is 10.1. The first kappa shape index (κ1) is 22.8. The number of likely N-dealkylation sites (N-methyl/N-ethyl adjacent to an activating group) is 1. The van der Waals surface area contributed by atoms with Crippen LogP contribution in [0.3, 0.4) is 0 Å². The van der Waals surface area contributed by atoms with Gasteiger partial charge in [-0.3, -0.25) is 19.3 Å². The molecule has 2 fully saturated rings. The summed E-state index contributed by atoms with van der Waals surface area (Å²) >= 11 is 0. The summed E-state index contributed by atoms with van der Waals surface area (Å²) in [7, 11) is 1.96. The molecule has 0 bridgehead atoms. The van der Waals surface area contributed by atoms with E-state index in [1.807, 2.05) is 11.9 Å². The van der Waals surface area contributed by atoms with E-state index in [1.54, 1.807) is 6.07 Å². The van der Waals surface area contributed by atoms with Crippen molar-refractivity contribution in [3.8, 4) is 0 Å². The Balaban J connectivity index is 1.58. The summed E-state index contributed by atoms with van der Waals surface area (Å²) in [5, 5.41) is 2.34. The van der Waals surface area contributed by atoms with Gasteiger partial charge in [-0.05, 0) is 43.4 Å². The Bertz CT molecular complexity index is 1080. The summed E-state index contributed by atoms with van der Waals surface area (Å²) in [4.78, 5) is 41.7. The Morgan fingerprint density at radius 3 is 2.21 bits per heavy atom. The van der Waals surface area contributed by atoms with Gasteiger partial charge in [-0.15, -0.1) is 0 Å². The number of anilines is 3. The average molecular weight is 460 g/mol. The fourth-order valence-electron chi connectivity index (χ4n) is 3.98. The minimum Gasteiger partial charge on any atom is -0.369 e. The lowest BCUT2D eigenvalue weighted by Crippen LogP contribution is -2.44. The average Bonchev–Trinajstić information content (AvgIpc) is 3.12. The predicted molar refractivity (Wildman–Crippen MR) is 117 cm³/mol. The fourth-order valence-corrected chi connectivity index (χ4v) is 3.98. The van der Waals surface area contributed by atoms with Crippen LogP contribution in [-0.2, 0) is 15.8 Å². The van der Waals surface area contributed by atoms with Crippen LogP contribution in [0.4, 0.5) is 30.2 Å². The molecule has 0 radical (unpaired) electrons. The van der Waals surface area contributed by atoms with Crippen LogP contribution in [0, 0.1) is 0 Å². The third-order valence-corrected chi connectivity index (χ3v) is 5.84. The molecule has 3 amide bonds. The number of piperazine rings is 1. The Morgan fingerprint density at radius 1 is 0.909 bits per heavy atom. The number of nitrogens with zero attached hydrogens (tertiary/aromatic N) is 3. The van der Waals surface area contributed by atoms with E-state index in [0.717, 1.165) is 24.1 Å². The molecule has 0 spiro atoms. The number of hydrogen-bond acceptors (Lipinski definition) is 5. The zero-order chi connectivity index (χ0) is 23.8. The van der Waals surface area contributed by atoms with E-state index in [9.17, 15) is 27.6 Å². The first-order chi connectivity index (χ1) is 15.6. The highest BCUT2D eigenvalue weighted by Crippen LogP contribution is 2.38. The predicted octanol–water partition coefficient (Wildman–Crippen LogP) is 3.36. The molecule has 4 rings (SSSR count). The van der Waals surface area contributed by atoms with Crippen LogP contribution in [0.2, 0.25) is 0 Å². The third kappa shape index (κ3) is 4.85. The first-order valence-electron chi connectivity index (χ1n) is 10.6. The number of carbonyl (C=O) groups is 3. The number of alkyl halides is 3. The van der Waals surface area contributed by atoms with E-state index < -0.39 is 17.6 Å². The van der Waals surface area contributed by atoms with Gasteiger partial charge in [-0.2, -0.15) is 13.2 Å². The van der Waals surface area contributed by atoms with Crippen molar-refractivity contribution in [3.63, 3.8) is 0 Å². The Hall–Kier alpha value is -3.40. The Kier molecular flexibility index (Phi) is 6.11. The molecule has 0 unspecified atom stereocenters. The molecule has 1 N–H and O–H groups in total. The van der Waals surface area contributed by atoms with Gasteiger partial charge in [-0.1, -0.05) is 6.07 Å². The topological polar surface area (TPSA) is 73.0 Å². The van der Waals surface area contributed by atoms with Gasteiger partial charge in [0.15, 0.2) is 0 Å². The summed E-state index contributed by atoms with van der Waals surface area (Å²) < 4.78 is 41.4. The monoisotopic (exact) mass is 460 g/mol. The number of rotatable bonds is 4. The van der Waals surface area contributed by atoms with Crippen LogP contribution in [0.15, 0.2) is 42.5 Å². The van der Waals surface area contributed by atoms with E-state index in [1.165, 1.54) is 30.3 Å². The second-order valence-corrected chi connectivity index (χ2v) is 8.15. The van der Waals surface area contributed by atoms with Crippen molar-refractivity contribution in [2.45, 2.75) is 19.0 Å². The number of imide groups is 1. The van der Waals surface area contributed by atoms with Crippen molar-refractivity contribution in [2.24, 2.45) is 0 Å². The summed E-state index contributed by atoms with van der Waals surface area (Å²) in [6.45, 7) is 2.72. The van der Waals surface area contributed by atoms with E-state index >= 15 is 0 Å². The maximum absolute atomic E-state index is 13.8. The van der Waals surface area contributed by atoms with Gasteiger partial charge >= 0.3 is 6.18 Å². The van der Waals surface area contributed by atoms with E-state index in [-0.39, 0.29) is 41.6 Å². The molecule has 33 heavy (non-hydrogen) atoms. The van der Waals surface area contributed by atoms with Crippen molar-refractivity contribution in [2.75, 3.05) is 48.3 Å². The van der Waals surface area contributed by atoms with Crippen molar-refractivity contribution in [1.29, 1.82) is 0 Å². The molecule has 0 saturated carbocycles. The normalized spacial score (nSPS) is 17.6. The Morgan fingerprint density at radius 2 is 1.58 bits per heavy atom. The van der Waals surface area contributed by atoms with E-state index in [0.29, 0.717) is 18.8 Å². The molecule has 2 aromatic carbocycles. The molecule has 2 saturated heterocycles. The molecule has 174 valence electrons. The van der Waals surface area contributed by atoms with Crippen molar-refractivity contribution in [1.82, 2.24) is 4.90 Å². The second-order valence-electron chi connectivity index (χ2n) is 8.15. The molecule has 0 aromatic heterocycles. The van der Waals surface area contributed by atoms with Crippen molar-refractivity contribution < 1.29 is 27.6 Å². The summed E-state index contributed by atoms with van der Waals surface area (Å²) in [6, 6.07) is 9.59. The minimum absolute atomic E-state index is 0.0382. The highest BCUT2D eigenvalue weighted by Gasteiger charge is 2.35. The standard InChI is InChI=1S/C23H23F3N4O3/c1-28-9-11-29(12-10-28)16-5-6-19(18(14-16)23(24,25)26)27-22(33)15-3-2-4-17(13-15)30-20(31)7-8-21(30)32/h2-6,13-14H,7-12H2,1H3,(H,27,33). The minimum atomic E-state index is -4.67. The van der Waals surface area contributed by atoms with Gasteiger partial charge in [0.1, 0.15) is 0 Å². The van der Waals surface area contributed by atoms with Crippen LogP contribution in [0.5, 0.6) is 0 Å². The first-order valence-corrected chi connectivity index (χ1v) is 10.6. The number of hydrogen-bond donors (Lipinski definition) is 1. The lowest BCUT2D eigenvalue weighted by molar-refractivity contribution is -0.137. The molecule has 0 atom stereocenters. The van der Waals surface area contributed by atoms with Crippen LogP contribution >= 0.6 is 0 Å². The van der Waals surface area contributed by atoms with Crippen molar-refractivity contribution in [3.05, 3.63) is 53.6 Å². The third-order valence-electron chi connectivity index (χ3n) is 5.84. The summed E-state index contributed by atoms with van der Waals surface area (Å²) in [5.41, 5.74) is -0.591. The van der Waals surface area contributed by atoms with Gasteiger partial charge in [0.25, 0.3) is 5.91 Å². The number of amides is 3. The summed E-state index contributed by atoms with van der Waals surface area (Å²) in [5.74, 6) is -1.53. The SMILES string of the molecule is CN1CCN(c2ccc(NC(=O)c3cccc(N4C(=O)CCC4=O)c3)c(C(F)(F)F)c2)CC1. The highest BCUT2D eigenvalue weighted by molar-refractivity contribution is 6.20. The maximum atomic E-state index is 13.8. The quantitative estimate of drug-likeness (QED) is 0.709. The van der Waals surface area contributed by atoms with Crippen LogP contribution in [0.25, 0.3) is 0 Å². The number of benzene rings is 2. The maximum Gasteiger partial charge on any atom is 0.418 e. The van der Waals surface area contributed by atoms with Gasteiger partial charge in [0.2, 0.25) is 11.8 Å². The lowest BCUT2D eigenvalue weighted by Gasteiger charge is -2.34. The fraction of sp³-hybridized carbons (Fsp3) is 0.348. The van der Waals surface area contributed by atoms with Gasteiger partial charge < -0.3 is 15.1 Å². The molecule has 2 aliphatic heterocycles. The molecular formula is C23H23F3N4O3. The molecule has 10 heteroatoms. The number of halogens is 3. The highest BCUT2D eigenvalue weighted by atomic mass is 19.4. The molecular weight excluding hydrogens is 437 g/mol. The second kappa shape index (κ2) is 8.86. The van der Waals surface area contributed by atoms with Crippen LogP contribution in [-0.4, -0.2) is 55.8 Å². The molecule has 2 aliphatic rings.